The average molecular weight is 351 g/mol. The van der Waals surface area contributed by atoms with Crippen LogP contribution in [0.25, 0.3) is 0 Å². The van der Waals surface area contributed by atoms with Gasteiger partial charge in [0.25, 0.3) is 11.4 Å². The van der Waals surface area contributed by atoms with Crippen molar-refractivity contribution in [3.63, 3.8) is 0 Å². The highest BCUT2D eigenvalue weighted by Gasteiger charge is 2.24. The van der Waals surface area contributed by atoms with Crippen LogP contribution in [0.4, 0.5) is 21.5 Å². The van der Waals surface area contributed by atoms with Crippen molar-refractivity contribution in [1.29, 1.82) is 0 Å². The van der Waals surface area contributed by atoms with Crippen LogP contribution in [0.5, 0.6) is 0 Å². The second-order valence-electron chi connectivity index (χ2n) is 5.15. The summed E-state index contributed by atoms with van der Waals surface area (Å²) in [6, 6.07) is 6.79. The van der Waals surface area contributed by atoms with E-state index >= 15 is 0 Å². The molecule has 25 heavy (non-hydrogen) atoms. The van der Waals surface area contributed by atoms with Gasteiger partial charge in [-0.2, -0.15) is 0 Å². The van der Waals surface area contributed by atoms with Crippen LogP contribution >= 0.6 is 0 Å². The Morgan fingerprint density at radius 1 is 1.08 bits per heavy atom. The lowest BCUT2D eigenvalue weighted by Crippen LogP contribution is -2.31. The van der Waals surface area contributed by atoms with Gasteiger partial charge in [-0.3, -0.25) is 20.2 Å². The number of anilines is 1. The topological polar surface area (TPSA) is 139 Å². The van der Waals surface area contributed by atoms with Gasteiger partial charge in [-0.1, -0.05) is 0 Å². The first-order chi connectivity index (χ1) is 11.8. The van der Waals surface area contributed by atoms with E-state index in [1.165, 1.54) is 24.3 Å². The third kappa shape index (κ3) is 4.25. The Labute approximate surface area is 140 Å². The molecule has 0 bridgehead atoms. The summed E-state index contributed by atoms with van der Waals surface area (Å²) in [6.07, 6.45) is -1.31. The van der Waals surface area contributed by atoms with E-state index in [0.717, 1.165) is 18.2 Å². The summed E-state index contributed by atoms with van der Waals surface area (Å²) < 4.78 is 13.2. The van der Waals surface area contributed by atoms with Gasteiger partial charge in [-0.05, 0) is 29.8 Å². The summed E-state index contributed by atoms with van der Waals surface area (Å²) in [7, 11) is 0. The molecule has 2 aromatic rings. The summed E-state index contributed by atoms with van der Waals surface area (Å²) in [5, 5.41) is 44.0. The molecule has 0 saturated heterocycles. The van der Waals surface area contributed by atoms with E-state index in [1.807, 2.05) is 0 Å². The van der Waals surface area contributed by atoms with Crippen LogP contribution in [0.2, 0.25) is 0 Å². The molecule has 10 heteroatoms. The SMILES string of the molecule is O=[N+]([O-])c1ccc(C(O)C(CO)Nc2ccc(F)cc2[N+](=O)[O-])cc1. The van der Waals surface area contributed by atoms with Gasteiger partial charge >= 0.3 is 0 Å². The molecule has 2 rings (SSSR count). The monoisotopic (exact) mass is 351 g/mol. The smallest absolute Gasteiger partial charge is 0.295 e. The molecule has 0 aliphatic carbocycles. The van der Waals surface area contributed by atoms with E-state index in [4.69, 9.17) is 0 Å². The second kappa shape index (κ2) is 7.64. The van der Waals surface area contributed by atoms with Gasteiger partial charge < -0.3 is 15.5 Å². The number of non-ortho nitro benzene ring substituents is 1. The van der Waals surface area contributed by atoms with Crippen molar-refractivity contribution in [2.45, 2.75) is 12.1 Å². The first-order valence-electron chi connectivity index (χ1n) is 7.07. The van der Waals surface area contributed by atoms with Crippen LogP contribution in [0, 0.1) is 26.0 Å². The van der Waals surface area contributed by atoms with Gasteiger partial charge in [0.15, 0.2) is 0 Å². The normalized spacial score (nSPS) is 13.1. The molecule has 0 aliphatic heterocycles. The van der Waals surface area contributed by atoms with Crippen LogP contribution in [0.1, 0.15) is 11.7 Å². The number of aliphatic hydroxyl groups excluding tert-OH is 2. The number of hydrogen-bond donors (Lipinski definition) is 3. The third-order valence-electron chi connectivity index (χ3n) is 3.52. The Morgan fingerprint density at radius 2 is 1.72 bits per heavy atom. The van der Waals surface area contributed by atoms with Crippen molar-refractivity contribution in [2.75, 3.05) is 11.9 Å². The quantitative estimate of drug-likeness (QED) is 0.513. The molecule has 0 fully saturated rings. The largest absolute Gasteiger partial charge is 0.394 e. The molecule has 0 aromatic heterocycles. The fourth-order valence-electron chi connectivity index (χ4n) is 2.23. The minimum absolute atomic E-state index is 0.0774. The number of nitrogens with zero attached hydrogens (tertiary/aromatic N) is 2. The molecule has 0 radical (unpaired) electrons. The van der Waals surface area contributed by atoms with Crippen molar-refractivity contribution in [2.24, 2.45) is 0 Å². The zero-order valence-electron chi connectivity index (χ0n) is 12.7. The van der Waals surface area contributed by atoms with Gasteiger partial charge in [-0.25, -0.2) is 4.39 Å². The lowest BCUT2D eigenvalue weighted by Gasteiger charge is -2.23. The average Bonchev–Trinajstić information content (AvgIpc) is 2.60. The predicted octanol–water partition coefficient (Wildman–Crippen LogP) is 2.15. The molecule has 2 aromatic carbocycles. The fraction of sp³-hybridized carbons (Fsp3) is 0.200. The van der Waals surface area contributed by atoms with Crippen molar-refractivity contribution in [1.82, 2.24) is 0 Å². The number of benzene rings is 2. The maximum Gasteiger partial charge on any atom is 0.295 e. The standard InChI is InChI=1S/C15H14FN3O6/c16-10-3-6-12(14(7-10)19(24)25)17-13(8-20)15(21)9-1-4-11(5-2-9)18(22)23/h1-7,13,15,17,20-21H,8H2. The summed E-state index contributed by atoms with van der Waals surface area (Å²) in [4.78, 5) is 20.2. The van der Waals surface area contributed by atoms with Crippen LogP contribution in [0.3, 0.4) is 0 Å². The molecule has 2 atom stereocenters. The summed E-state index contributed by atoms with van der Waals surface area (Å²) >= 11 is 0. The maximum atomic E-state index is 13.2. The van der Waals surface area contributed by atoms with E-state index in [0.29, 0.717) is 0 Å². The molecule has 3 N–H and O–H groups in total. The first kappa shape index (κ1) is 18.2. The Bertz CT molecular complexity index is 783. The Kier molecular flexibility index (Phi) is 5.57. The minimum atomic E-state index is -1.31. The van der Waals surface area contributed by atoms with E-state index in [1.54, 1.807) is 0 Å². The van der Waals surface area contributed by atoms with E-state index < -0.39 is 40.1 Å². The second-order valence-corrected chi connectivity index (χ2v) is 5.15. The maximum absolute atomic E-state index is 13.2. The number of hydrogen-bond acceptors (Lipinski definition) is 7. The van der Waals surface area contributed by atoms with Crippen molar-refractivity contribution in [3.05, 3.63) is 74.1 Å². The molecule has 132 valence electrons. The number of halogens is 1. The van der Waals surface area contributed by atoms with Gasteiger partial charge in [0.05, 0.1) is 28.6 Å². The van der Waals surface area contributed by atoms with Gasteiger partial charge in [0.2, 0.25) is 0 Å². The predicted molar refractivity (Wildman–Crippen MR) is 85.6 cm³/mol. The summed E-state index contributed by atoms with van der Waals surface area (Å²) in [5.41, 5.74) is -0.527. The fourth-order valence-corrected chi connectivity index (χ4v) is 2.23. The molecule has 0 spiro atoms. The lowest BCUT2D eigenvalue weighted by molar-refractivity contribution is -0.384. The Balaban J connectivity index is 2.25. The third-order valence-corrected chi connectivity index (χ3v) is 3.52. The molecular weight excluding hydrogens is 337 g/mol. The summed E-state index contributed by atoms with van der Waals surface area (Å²) in [6.45, 7) is -0.591. The van der Waals surface area contributed by atoms with Crippen molar-refractivity contribution < 1.29 is 24.5 Å². The number of rotatable bonds is 7. The van der Waals surface area contributed by atoms with Crippen molar-refractivity contribution >= 4 is 17.1 Å². The van der Waals surface area contributed by atoms with Crippen LogP contribution in [-0.2, 0) is 0 Å². The van der Waals surface area contributed by atoms with Crippen LogP contribution in [0.15, 0.2) is 42.5 Å². The minimum Gasteiger partial charge on any atom is -0.394 e. The molecule has 0 aliphatic rings. The van der Waals surface area contributed by atoms with Crippen LogP contribution < -0.4 is 5.32 Å². The van der Waals surface area contributed by atoms with E-state index in [-0.39, 0.29) is 16.9 Å². The molecule has 2 unspecified atom stereocenters. The van der Waals surface area contributed by atoms with Crippen LogP contribution in [-0.4, -0.2) is 32.7 Å². The number of aliphatic hydroxyl groups is 2. The zero-order valence-corrected chi connectivity index (χ0v) is 12.7. The van der Waals surface area contributed by atoms with E-state index in [9.17, 15) is 34.8 Å². The highest BCUT2D eigenvalue weighted by molar-refractivity contribution is 5.62. The first-order valence-corrected chi connectivity index (χ1v) is 7.07. The molecule has 0 heterocycles. The molecule has 0 amide bonds. The Hall–Kier alpha value is -3.11. The van der Waals surface area contributed by atoms with Gasteiger partial charge in [0, 0.05) is 12.1 Å². The lowest BCUT2D eigenvalue weighted by atomic mass is 10.0. The highest BCUT2D eigenvalue weighted by atomic mass is 19.1. The van der Waals surface area contributed by atoms with E-state index in [2.05, 4.69) is 5.32 Å². The molecule has 9 nitrogen and oxygen atoms in total. The zero-order chi connectivity index (χ0) is 18.6. The Morgan fingerprint density at radius 3 is 2.24 bits per heavy atom. The highest BCUT2D eigenvalue weighted by Crippen LogP contribution is 2.28. The molecular formula is C15H14FN3O6. The van der Waals surface area contributed by atoms with Gasteiger partial charge in [-0.15, -0.1) is 0 Å². The molecule has 0 saturated carbocycles. The number of nitro groups is 2. The van der Waals surface area contributed by atoms with Gasteiger partial charge in [0.1, 0.15) is 17.6 Å². The number of nitrogens with one attached hydrogen (secondary N) is 1. The number of nitro benzene ring substituents is 2. The summed E-state index contributed by atoms with van der Waals surface area (Å²) in [5.74, 6) is -0.797. The van der Waals surface area contributed by atoms with Crippen molar-refractivity contribution in [3.8, 4) is 0 Å².